The Bertz CT molecular complexity index is 734. The van der Waals surface area contributed by atoms with Gasteiger partial charge in [0, 0.05) is 44.2 Å². The van der Waals surface area contributed by atoms with Gasteiger partial charge in [0.25, 0.3) is 5.91 Å². The predicted octanol–water partition coefficient (Wildman–Crippen LogP) is 1.22. The first-order chi connectivity index (χ1) is 13.6. The molecule has 0 bridgehead atoms. The van der Waals surface area contributed by atoms with Crippen LogP contribution in [0.25, 0.3) is 0 Å². The van der Waals surface area contributed by atoms with Crippen LogP contribution < -0.4 is 20.1 Å². The van der Waals surface area contributed by atoms with Crippen LogP contribution in [0.2, 0.25) is 0 Å². The number of aliphatic hydroxyl groups is 1. The molecule has 0 spiro atoms. The van der Waals surface area contributed by atoms with Crippen LogP contribution in [0.5, 0.6) is 11.5 Å². The highest BCUT2D eigenvalue weighted by Gasteiger charge is 2.29. The van der Waals surface area contributed by atoms with Crippen molar-refractivity contribution in [3.63, 3.8) is 0 Å². The number of amides is 1. The first kappa shape index (κ1) is 20.2. The number of hydrogen-bond acceptors (Lipinski definition) is 7. The molecule has 0 aliphatic carbocycles. The van der Waals surface area contributed by atoms with Crippen molar-refractivity contribution >= 4 is 11.6 Å². The number of rotatable bonds is 7. The molecule has 1 aromatic carbocycles. The summed E-state index contributed by atoms with van der Waals surface area (Å²) in [5, 5.41) is 25.0. The maximum Gasteiger partial charge on any atom is 0.255 e. The van der Waals surface area contributed by atoms with Crippen LogP contribution in [-0.2, 0) is 0 Å². The first-order valence-corrected chi connectivity index (χ1v) is 9.79. The smallest absolute Gasteiger partial charge is 0.255 e. The van der Waals surface area contributed by atoms with Gasteiger partial charge in [0.05, 0.1) is 17.7 Å². The molecule has 2 atom stereocenters. The number of nitriles is 1. The number of piperidine rings is 1. The van der Waals surface area contributed by atoms with Crippen LogP contribution in [-0.4, -0.2) is 68.5 Å². The van der Waals surface area contributed by atoms with E-state index in [1.54, 1.807) is 13.1 Å². The number of benzene rings is 1. The molecule has 3 N–H and O–H groups in total. The third kappa shape index (κ3) is 4.86. The zero-order valence-corrected chi connectivity index (χ0v) is 16.2. The second-order valence-electron chi connectivity index (χ2n) is 7.19. The number of anilines is 1. The molecule has 0 saturated carbocycles. The van der Waals surface area contributed by atoms with E-state index < -0.39 is 6.10 Å². The fourth-order valence-electron chi connectivity index (χ4n) is 3.65. The van der Waals surface area contributed by atoms with Gasteiger partial charge < -0.3 is 30.1 Å². The van der Waals surface area contributed by atoms with Gasteiger partial charge >= 0.3 is 0 Å². The number of ether oxygens (including phenoxy) is 2. The third-order valence-electron chi connectivity index (χ3n) is 5.27. The van der Waals surface area contributed by atoms with Crippen molar-refractivity contribution in [2.24, 2.45) is 5.92 Å². The molecule has 1 unspecified atom stereocenters. The van der Waals surface area contributed by atoms with E-state index in [9.17, 15) is 9.90 Å². The molecular weight excluding hydrogens is 360 g/mol. The Kier molecular flexibility index (Phi) is 6.95. The normalized spacial score (nSPS) is 21.6. The molecule has 2 heterocycles. The lowest BCUT2D eigenvalue weighted by Crippen LogP contribution is -2.47. The molecule has 1 saturated heterocycles. The molecule has 1 amide bonds. The number of carbonyl (C=O) groups is 1. The van der Waals surface area contributed by atoms with Gasteiger partial charge in [-0.3, -0.25) is 4.79 Å². The monoisotopic (exact) mass is 388 g/mol. The lowest BCUT2D eigenvalue weighted by atomic mass is 9.93. The number of hydrogen-bond donors (Lipinski definition) is 3. The molecule has 152 valence electrons. The Morgan fingerprint density at radius 1 is 1.39 bits per heavy atom. The molecular formula is C20H28N4O4. The molecule has 2 aliphatic rings. The lowest BCUT2D eigenvalue weighted by Gasteiger charge is -2.36. The molecule has 0 aromatic heterocycles. The molecule has 0 radical (unpaired) electrons. The van der Waals surface area contributed by atoms with Gasteiger partial charge in [0.2, 0.25) is 0 Å². The van der Waals surface area contributed by atoms with Crippen LogP contribution >= 0.6 is 0 Å². The van der Waals surface area contributed by atoms with E-state index in [0.717, 1.165) is 31.6 Å². The number of nitrogens with zero attached hydrogens (tertiary/aromatic N) is 2. The van der Waals surface area contributed by atoms with E-state index in [1.165, 1.54) is 0 Å². The fourth-order valence-corrected chi connectivity index (χ4v) is 3.65. The zero-order valence-electron chi connectivity index (χ0n) is 16.2. The summed E-state index contributed by atoms with van der Waals surface area (Å²) < 4.78 is 11.3. The number of nitrogens with one attached hydrogen (secondary N) is 2. The van der Waals surface area contributed by atoms with Gasteiger partial charge in [-0.15, -0.1) is 0 Å². The average molecular weight is 388 g/mol. The van der Waals surface area contributed by atoms with Gasteiger partial charge in [-0.2, -0.15) is 5.26 Å². The van der Waals surface area contributed by atoms with E-state index >= 15 is 0 Å². The Labute approximate surface area is 165 Å². The quantitative estimate of drug-likeness (QED) is 0.603. The highest BCUT2D eigenvalue weighted by molar-refractivity contribution is 5.99. The van der Waals surface area contributed by atoms with E-state index in [-0.39, 0.29) is 11.8 Å². The predicted molar refractivity (Wildman–Crippen MR) is 105 cm³/mol. The summed E-state index contributed by atoms with van der Waals surface area (Å²) >= 11 is 0. The molecule has 28 heavy (non-hydrogen) atoms. The highest BCUT2D eigenvalue weighted by atomic mass is 16.6. The summed E-state index contributed by atoms with van der Waals surface area (Å²) in [6, 6.07) is 5.71. The number of fused-ring (bicyclic) bond motifs is 1. The number of likely N-dealkylation sites (tertiary alicyclic amines) is 1. The Balaban J connectivity index is 1.57. The Morgan fingerprint density at radius 3 is 2.96 bits per heavy atom. The first-order valence-electron chi connectivity index (χ1n) is 9.79. The molecule has 8 nitrogen and oxygen atoms in total. The van der Waals surface area contributed by atoms with Crippen molar-refractivity contribution in [1.82, 2.24) is 10.2 Å². The summed E-state index contributed by atoms with van der Waals surface area (Å²) in [4.78, 5) is 15.0. The Hall–Kier alpha value is -2.50. The summed E-state index contributed by atoms with van der Waals surface area (Å²) in [5.41, 5.74) is 1.21. The average Bonchev–Trinajstić information content (AvgIpc) is 2.72. The molecule has 8 heteroatoms. The third-order valence-corrected chi connectivity index (χ3v) is 5.27. The molecule has 1 aromatic rings. The minimum absolute atomic E-state index is 0.0108. The van der Waals surface area contributed by atoms with Crippen LogP contribution in [0, 0.1) is 17.2 Å². The maximum absolute atomic E-state index is 12.8. The lowest BCUT2D eigenvalue weighted by molar-refractivity contribution is 0.0219. The number of unbranched alkanes of at least 4 members (excludes halogenated alkanes) is 1. The van der Waals surface area contributed by atoms with Crippen LogP contribution in [0.15, 0.2) is 12.1 Å². The minimum Gasteiger partial charge on any atom is -0.486 e. The number of carbonyl (C=O) groups excluding carboxylic acids is 1. The van der Waals surface area contributed by atoms with E-state index in [1.807, 2.05) is 6.07 Å². The van der Waals surface area contributed by atoms with Gasteiger partial charge in [-0.05, 0) is 32.0 Å². The van der Waals surface area contributed by atoms with E-state index in [4.69, 9.17) is 14.7 Å². The van der Waals surface area contributed by atoms with Crippen LogP contribution in [0.4, 0.5) is 5.69 Å². The second-order valence-corrected chi connectivity index (χ2v) is 7.19. The number of β-amino-alcohol motifs (C(OH)–C–C–N with tert-alkyl or cyclic N) is 1. The van der Waals surface area contributed by atoms with Gasteiger partial charge in [-0.25, -0.2) is 0 Å². The maximum atomic E-state index is 12.8. The summed E-state index contributed by atoms with van der Waals surface area (Å²) in [6.07, 6.45) is 1.67. The van der Waals surface area contributed by atoms with Crippen molar-refractivity contribution in [1.29, 1.82) is 5.26 Å². The van der Waals surface area contributed by atoms with Crippen molar-refractivity contribution in [3.8, 4) is 17.6 Å². The second kappa shape index (κ2) is 9.62. The van der Waals surface area contributed by atoms with Gasteiger partial charge in [0.15, 0.2) is 11.5 Å². The minimum atomic E-state index is -0.492. The van der Waals surface area contributed by atoms with Crippen LogP contribution in [0.3, 0.4) is 0 Å². The zero-order chi connectivity index (χ0) is 19.9. The molecule has 1 fully saturated rings. The molecule has 2 aliphatic heterocycles. The fraction of sp³-hybridized carbons (Fsp3) is 0.600. The van der Waals surface area contributed by atoms with Crippen LogP contribution in [0.1, 0.15) is 29.6 Å². The van der Waals surface area contributed by atoms with Crippen molar-refractivity contribution < 1.29 is 19.4 Å². The topological polar surface area (TPSA) is 107 Å². The standard InChI is InChI=1S/C20H28N4O4/c1-22-15-10-16(19-18(11-15)27-8-9-28-19)20(26)23-12-14-4-7-24(13-17(14)25)6-3-2-5-21/h10-11,14,17,22,25H,2-4,6-9,12-13H2,1H3,(H,23,26)/t14-,17?/m0/s1. The van der Waals surface area contributed by atoms with Gasteiger partial charge in [-0.1, -0.05) is 0 Å². The van der Waals surface area contributed by atoms with Crippen molar-refractivity contribution in [2.75, 3.05) is 51.8 Å². The van der Waals surface area contributed by atoms with E-state index in [0.29, 0.717) is 49.8 Å². The van der Waals surface area contributed by atoms with Crippen molar-refractivity contribution in [2.45, 2.75) is 25.4 Å². The summed E-state index contributed by atoms with van der Waals surface area (Å²) in [5.74, 6) is 0.809. The largest absolute Gasteiger partial charge is 0.486 e. The molecule has 3 rings (SSSR count). The van der Waals surface area contributed by atoms with Gasteiger partial charge in [0.1, 0.15) is 13.2 Å². The summed E-state index contributed by atoms with van der Waals surface area (Å²) in [6.45, 7) is 3.54. The SMILES string of the molecule is CNc1cc2c(c(C(=O)NC[C@@H]3CCN(CCCC#N)CC3O)c1)OCCO2. The number of aliphatic hydroxyl groups excluding tert-OH is 1. The summed E-state index contributed by atoms with van der Waals surface area (Å²) in [7, 11) is 1.79. The van der Waals surface area contributed by atoms with Crippen molar-refractivity contribution in [3.05, 3.63) is 17.7 Å². The Morgan fingerprint density at radius 2 is 2.21 bits per heavy atom. The van der Waals surface area contributed by atoms with E-state index in [2.05, 4.69) is 21.6 Å². The highest BCUT2D eigenvalue weighted by Crippen LogP contribution is 2.37.